The molecule has 2 N–H and O–H groups in total. The van der Waals surface area contributed by atoms with Gasteiger partial charge >= 0.3 is 0 Å². The molecule has 0 bridgehead atoms. The summed E-state index contributed by atoms with van der Waals surface area (Å²) < 4.78 is 0. The summed E-state index contributed by atoms with van der Waals surface area (Å²) in [5.74, 6) is 1.98. The lowest BCUT2D eigenvalue weighted by molar-refractivity contribution is 0.459. The van der Waals surface area contributed by atoms with Crippen LogP contribution < -0.4 is 15.5 Å². The standard InChI is InChI=1S/C25H31N5/c1-3-26-25(28-18-21-9-6-8-20-7-4-5-10-23(20)21)29-22-13-15-30(16-14-22)24-12-11-19(2)17-27-24/h4-12,17,22H,3,13-16,18H2,1-2H3,(H2,26,28,29). The Labute approximate surface area is 179 Å². The van der Waals surface area contributed by atoms with Crippen LogP contribution in [0.15, 0.2) is 65.8 Å². The van der Waals surface area contributed by atoms with E-state index in [0.717, 1.165) is 44.3 Å². The van der Waals surface area contributed by atoms with E-state index >= 15 is 0 Å². The second-order valence-electron chi connectivity index (χ2n) is 7.93. The van der Waals surface area contributed by atoms with E-state index in [0.29, 0.717) is 12.6 Å². The number of fused-ring (bicyclic) bond motifs is 1. The summed E-state index contributed by atoms with van der Waals surface area (Å²) in [5, 5.41) is 9.60. The molecule has 1 fully saturated rings. The Bertz CT molecular complexity index is 983. The quantitative estimate of drug-likeness (QED) is 0.495. The number of piperidine rings is 1. The number of pyridine rings is 1. The van der Waals surface area contributed by atoms with Gasteiger partial charge in [0, 0.05) is 31.9 Å². The third-order valence-corrected chi connectivity index (χ3v) is 5.69. The van der Waals surface area contributed by atoms with Crippen molar-refractivity contribution in [1.82, 2.24) is 15.6 Å². The van der Waals surface area contributed by atoms with E-state index in [2.05, 4.69) is 89.0 Å². The summed E-state index contributed by atoms with van der Waals surface area (Å²) in [6.45, 7) is 7.73. The summed E-state index contributed by atoms with van der Waals surface area (Å²) in [5.41, 5.74) is 2.46. The maximum absolute atomic E-state index is 4.88. The van der Waals surface area contributed by atoms with Crippen molar-refractivity contribution in [3.05, 3.63) is 71.9 Å². The van der Waals surface area contributed by atoms with E-state index in [-0.39, 0.29) is 0 Å². The summed E-state index contributed by atoms with van der Waals surface area (Å²) >= 11 is 0. The zero-order valence-corrected chi connectivity index (χ0v) is 17.9. The monoisotopic (exact) mass is 401 g/mol. The van der Waals surface area contributed by atoms with Gasteiger partial charge in [0.1, 0.15) is 5.82 Å². The molecule has 3 aromatic rings. The molecule has 156 valence electrons. The molecule has 0 radical (unpaired) electrons. The minimum Gasteiger partial charge on any atom is -0.357 e. The number of anilines is 1. The molecule has 0 aliphatic carbocycles. The van der Waals surface area contributed by atoms with Crippen LogP contribution in [-0.2, 0) is 6.54 Å². The van der Waals surface area contributed by atoms with Crippen LogP contribution in [0.25, 0.3) is 10.8 Å². The number of hydrogen-bond acceptors (Lipinski definition) is 3. The number of guanidine groups is 1. The molecule has 0 amide bonds. The third kappa shape index (κ3) is 4.90. The highest BCUT2D eigenvalue weighted by Crippen LogP contribution is 2.20. The van der Waals surface area contributed by atoms with Gasteiger partial charge in [-0.2, -0.15) is 0 Å². The molecular formula is C25H31N5. The highest BCUT2D eigenvalue weighted by atomic mass is 15.2. The summed E-state index contributed by atoms with van der Waals surface area (Å²) in [7, 11) is 0. The highest BCUT2D eigenvalue weighted by Gasteiger charge is 2.20. The van der Waals surface area contributed by atoms with Gasteiger partial charge in [-0.3, -0.25) is 0 Å². The van der Waals surface area contributed by atoms with Crippen LogP contribution in [0.2, 0.25) is 0 Å². The van der Waals surface area contributed by atoms with Crippen molar-refractivity contribution in [2.45, 2.75) is 39.3 Å². The summed E-state index contributed by atoms with van der Waals surface area (Å²) in [6, 6.07) is 19.6. The Balaban J connectivity index is 1.38. The lowest BCUT2D eigenvalue weighted by atomic mass is 10.0. The first-order valence-corrected chi connectivity index (χ1v) is 10.9. The van der Waals surface area contributed by atoms with Crippen molar-refractivity contribution < 1.29 is 0 Å². The second kappa shape index (κ2) is 9.61. The molecule has 1 saturated heterocycles. The molecule has 2 heterocycles. The molecule has 0 spiro atoms. The van der Waals surface area contributed by atoms with E-state index in [4.69, 9.17) is 4.99 Å². The fourth-order valence-electron chi connectivity index (χ4n) is 4.01. The minimum atomic E-state index is 0.428. The van der Waals surface area contributed by atoms with Crippen LogP contribution in [0, 0.1) is 6.92 Å². The van der Waals surface area contributed by atoms with Crippen LogP contribution in [0.4, 0.5) is 5.82 Å². The summed E-state index contributed by atoms with van der Waals surface area (Å²) in [6.07, 6.45) is 4.10. The first kappa shape index (κ1) is 20.2. The Kier molecular flexibility index (Phi) is 6.47. The molecular weight excluding hydrogens is 370 g/mol. The Hall–Kier alpha value is -3.08. The van der Waals surface area contributed by atoms with Crippen molar-refractivity contribution in [2.24, 2.45) is 4.99 Å². The fraction of sp³-hybridized carbons (Fsp3) is 0.360. The first-order valence-electron chi connectivity index (χ1n) is 10.9. The van der Waals surface area contributed by atoms with Crippen molar-refractivity contribution in [3.8, 4) is 0 Å². The van der Waals surface area contributed by atoms with Crippen LogP contribution in [0.1, 0.15) is 30.9 Å². The molecule has 5 heteroatoms. The van der Waals surface area contributed by atoms with Crippen molar-refractivity contribution in [3.63, 3.8) is 0 Å². The van der Waals surface area contributed by atoms with E-state index in [9.17, 15) is 0 Å². The van der Waals surface area contributed by atoms with Gasteiger partial charge in [-0.1, -0.05) is 48.5 Å². The average Bonchev–Trinajstić information content (AvgIpc) is 2.79. The number of nitrogens with zero attached hydrogens (tertiary/aromatic N) is 3. The van der Waals surface area contributed by atoms with E-state index < -0.39 is 0 Å². The van der Waals surface area contributed by atoms with Crippen molar-refractivity contribution >= 4 is 22.5 Å². The molecule has 0 saturated carbocycles. The zero-order valence-electron chi connectivity index (χ0n) is 17.9. The normalized spacial score (nSPS) is 15.4. The molecule has 30 heavy (non-hydrogen) atoms. The SMILES string of the molecule is CCNC(=NCc1cccc2ccccc12)NC1CCN(c2ccc(C)cn2)CC1. The largest absolute Gasteiger partial charge is 0.357 e. The number of benzene rings is 2. The molecule has 5 nitrogen and oxygen atoms in total. The van der Waals surface area contributed by atoms with Crippen LogP contribution in [-0.4, -0.2) is 36.6 Å². The number of aryl methyl sites for hydroxylation is 1. The van der Waals surface area contributed by atoms with Gasteiger partial charge in [0.25, 0.3) is 0 Å². The Morgan fingerprint density at radius 1 is 1.07 bits per heavy atom. The van der Waals surface area contributed by atoms with Crippen LogP contribution in [0.3, 0.4) is 0 Å². The van der Waals surface area contributed by atoms with Crippen molar-refractivity contribution in [2.75, 3.05) is 24.5 Å². The van der Waals surface area contributed by atoms with E-state index in [1.807, 2.05) is 6.20 Å². The predicted molar refractivity (Wildman–Crippen MR) is 126 cm³/mol. The fourth-order valence-corrected chi connectivity index (χ4v) is 4.01. The van der Waals surface area contributed by atoms with Crippen LogP contribution >= 0.6 is 0 Å². The van der Waals surface area contributed by atoms with Gasteiger partial charge in [-0.05, 0) is 54.7 Å². The summed E-state index contributed by atoms with van der Waals surface area (Å²) in [4.78, 5) is 11.8. The molecule has 1 aliphatic heterocycles. The van der Waals surface area contributed by atoms with Gasteiger partial charge in [-0.15, -0.1) is 0 Å². The topological polar surface area (TPSA) is 52.6 Å². The van der Waals surface area contributed by atoms with Gasteiger partial charge in [0.15, 0.2) is 5.96 Å². The van der Waals surface area contributed by atoms with Crippen molar-refractivity contribution in [1.29, 1.82) is 0 Å². The molecule has 2 aromatic carbocycles. The second-order valence-corrected chi connectivity index (χ2v) is 7.93. The highest BCUT2D eigenvalue weighted by molar-refractivity contribution is 5.86. The number of nitrogens with one attached hydrogen (secondary N) is 2. The van der Waals surface area contributed by atoms with E-state index in [1.54, 1.807) is 0 Å². The minimum absolute atomic E-state index is 0.428. The zero-order chi connectivity index (χ0) is 20.8. The Morgan fingerprint density at radius 2 is 1.87 bits per heavy atom. The lowest BCUT2D eigenvalue weighted by Crippen LogP contribution is -2.48. The molecule has 1 aromatic heterocycles. The molecule has 4 rings (SSSR count). The average molecular weight is 402 g/mol. The first-order chi connectivity index (χ1) is 14.7. The van der Waals surface area contributed by atoms with Crippen LogP contribution in [0.5, 0.6) is 0 Å². The third-order valence-electron chi connectivity index (χ3n) is 5.69. The van der Waals surface area contributed by atoms with Gasteiger partial charge < -0.3 is 15.5 Å². The molecule has 1 aliphatic rings. The van der Waals surface area contributed by atoms with Gasteiger partial charge in [0.2, 0.25) is 0 Å². The smallest absolute Gasteiger partial charge is 0.191 e. The molecule has 0 unspecified atom stereocenters. The molecule has 0 atom stereocenters. The number of rotatable bonds is 5. The Morgan fingerprint density at radius 3 is 2.63 bits per heavy atom. The van der Waals surface area contributed by atoms with Gasteiger partial charge in [-0.25, -0.2) is 9.98 Å². The van der Waals surface area contributed by atoms with E-state index in [1.165, 1.54) is 21.9 Å². The maximum Gasteiger partial charge on any atom is 0.191 e. The number of hydrogen-bond donors (Lipinski definition) is 2. The number of aliphatic imine (C=N–C) groups is 1. The maximum atomic E-state index is 4.88. The number of aromatic nitrogens is 1. The predicted octanol–water partition coefficient (Wildman–Crippen LogP) is 4.27. The van der Waals surface area contributed by atoms with Gasteiger partial charge in [0.05, 0.1) is 6.54 Å². The lowest BCUT2D eigenvalue weighted by Gasteiger charge is -2.33.